The molecule has 4 rings (SSSR count). The van der Waals surface area contributed by atoms with Gasteiger partial charge in [0.2, 0.25) is 5.91 Å². The molecule has 1 aromatic carbocycles. The van der Waals surface area contributed by atoms with Crippen molar-refractivity contribution in [1.82, 2.24) is 19.8 Å². The van der Waals surface area contributed by atoms with Crippen molar-refractivity contribution in [1.29, 1.82) is 0 Å². The average molecular weight is 428 g/mol. The fourth-order valence-electron chi connectivity index (χ4n) is 4.16. The topological polar surface area (TPSA) is 78.4 Å². The molecule has 160 valence electrons. The molecule has 2 aliphatic carbocycles. The van der Waals surface area contributed by atoms with Crippen LogP contribution < -0.4 is 10.2 Å². The highest BCUT2D eigenvalue weighted by Crippen LogP contribution is 2.36. The predicted molar refractivity (Wildman–Crippen MR) is 118 cm³/mol. The summed E-state index contributed by atoms with van der Waals surface area (Å²) in [4.78, 5) is 30.6. The maximum absolute atomic E-state index is 13.5. The second kappa shape index (κ2) is 9.12. The van der Waals surface area contributed by atoms with Crippen LogP contribution in [0.2, 0.25) is 0 Å². The van der Waals surface area contributed by atoms with Crippen LogP contribution in [-0.2, 0) is 4.79 Å². The first kappa shape index (κ1) is 20.8. The normalized spacial score (nSPS) is 17.9. The number of hydrogen-bond acceptors (Lipinski definition) is 6. The van der Waals surface area contributed by atoms with Crippen LogP contribution in [0.5, 0.6) is 0 Å². The number of benzene rings is 1. The summed E-state index contributed by atoms with van der Waals surface area (Å²) in [5.41, 5.74) is 2.20. The molecule has 0 spiro atoms. The van der Waals surface area contributed by atoms with Gasteiger partial charge in [0.05, 0.1) is 0 Å². The van der Waals surface area contributed by atoms with Gasteiger partial charge in [-0.1, -0.05) is 35.9 Å². The summed E-state index contributed by atoms with van der Waals surface area (Å²) in [6.45, 7) is 0. The molecule has 2 fully saturated rings. The highest BCUT2D eigenvalue weighted by molar-refractivity contribution is 7.03. The van der Waals surface area contributed by atoms with E-state index in [9.17, 15) is 9.59 Å². The Balaban J connectivity index is 1.66. The van der Waals surface area contributed by atoms with E-state index in [1.165, 1.54) is 6.42 Å². The maximum atomic E-state index is 13.5. The molecule has 30 heavy (non-hydrogen) atoms. The van der Waals surface area contributed by atoms with Gasteiger partial charge >= 0.3 is 0 Å². The third-order valence-electron chi connectivity index (χ3n) is 5.96. The van der Waals surface area contributed by atoms with E-state index in [1.807, 2.05) is 43.3 Å². The summed E-state index contributed by atoms with van der Waals surface area (Å²) in [5.74, 6) is -0.310. The van der Waals surface area contributed by atoms with E-state index in [2.05, 4.69) is 14.9 Å². The first-order valence-corrected chi connectivity index (χ1v) is 11.6. The molecule has 8 heteroatoms. The minimum absolute atomic E-state index is 0.0647. The van der Waals surface area contributed by atoms with Crippen LogP contribution in [0.15, 0.2) is 29.6 Å². The molecule has 0 unspecified atom stereocenters. The van der Waals surface area contributed by atoms with Crippen LogP contribution >= 0.6 is 11.5 Å². The monoisotopic (exact) mass is 427 g/mol. The lowest BCUT2D eigenvalue weighted by Crippen LogP contribution is -2.48. The minimum atomic E-state index is -0.662. The van der Waals surface area contributed by atoms with Crippen LogP contribution in [0.1, 0.15) is 67.0 Å². The molecule has 1 atom stereocenters. The fraction of sp³-hybridized carbons (Fsp3) is 0.545. The molecule has 2 aromatic rings. The highest BCUT2D eigenvalue weighted by atomic mass is 32.1. The Kier molecular flexibility index (Phi) is 6.32. The van der Waals surface area contributed by atoms with Crippen molar-refractivity contribution in [3.8, 4) is 0 Å². The summed E-state index contributed by atoms with van der Waals surface area (Å²) in [5, 5.41) is 8.87. The van der Waals surface area contributed by atoms with Gasteiger partial charge in [0, 0.05) is 37.2 Å². The predicted octanol–water partition coefficient (Wildman–Crippen LogP) is 3.40. The van der Waals surface area contributed by atoms with Gasteiger partial charge in [-0.2, -0.15) is 0 Å². The van der Waals surface area contributed by atoms with Crippen molar-refractivity contribution >= 4 is 29.0 Å². The van der Waals surface area contributed by atoms with Crippen LogP contribution in [0.3, 0.4) is 0 Å². The lowest BCUT2D eigenvalue weighted by Gasteiger charge is -2.33. The largest absolute Gasteiger partial charge is 0.378 e. The molecule has 2 saturated carbocycles. The van der Waals surface area contributed by atoms with Gasteiger partial charge in [-0.3, -0.25) is 9.59 Å². The van der Waals surface area contributed by atoms with Gasteiger partial charge in [0.1, 0.15) is 6.04 Å². The first-order valence-electron chi connectivity index (χ1n) is 10.7. The first-order chi connectivity index (χ1) is 14.5. The Morgan fingerprint density at radius 2 is 1.77 bits per heavy atom. The van der Waals surface area contributed by atoms with Crippen LogP contribution in [0, 0.1) is 0 Å². The number of nitrogens with one attached hydrogen (secondary N) is 1. The maximum Gasteiger partial charge on any atom is 0.276 e. The van der Waals surface area contributed by atoms with E-state index in [0.29, 0.717) is 5.69 Å². The molecular formula is C22H29N5O2S. The van der Waals surface area contributed by atoms with E-state index in [4.69, 9.17) is 0 Å². The number of amides is 2. The van der Waals surface area contributed by atoms with Gasteiger partial charge in [0.25, 0.3) is 5.91 Å². The van der Waals surface area contributed by atoms with Crippen molar-refractivity contribution in [3.63, 3.8) is 0 Å². The minimum Gasteiger partial charge on any atom is -0.378 e. The van der Waals surface area contributed by atoms with E-state index in [1.54, 1.807) is 10.3 Å². The van der Waals surface area contributed by atoms with Crippen molar-refractivity contribution in [2.75, 3.05) is 19.0 Å². The Labute approximate surface area is 181 Å². The third-order valence-corrected chi connectivity index (χ3v) is 6.46. The number of rotatable bonds is 7. The quantitative estimate of drug-likeness (QED) is 0.733. The summed E-state index contributed by atoms with van der Waals surface area (Å²) in [6, 6.07) is 7.50. The Morgan fingerprint density at radius 3 is 2.33 bits per heavy atom. The van der Waals surface area contributed by atoms with Gasteiger partial charge in [0.15, 0.2) is 5.69 Å². The van der Waals surface area contributed by atoms with Crippen molar-refractivity contribution in [2.24, 2.45) is 0 Å². The Bertz CT molecular complexity index is 858. The lowest BCUT2D eigenvalue weighted by molar-refractivity contribution is -0.127. The Morgan fingerprint density at radius 1 is 1.07 bits per heavy atom. The van der Waals surface area contributed by atoms with E-state index >= 15 is 0 Å². The van der Waals surface area contributed by atoms with Crippen molar-refractivity contribution < 1.29 is 9.59 Å². The van der Waals surface area contributed by atoms with E-state index in [0.717, 1.165) is 61.3 Å². The van der Waals surface area contributed by atoms with Crippen molar-refractivity contribution in [2.45, 2.75) is 63.1 Å². The molecule has 2 aliphatic rings. The zero-order chi connectivity index (χ0) is 21.1. The van der Waals surface area contributed by atoms with Gasteiger partial charge in [-0.25, -0.2) is 0 Å². The number of anilines is 1. The van der Waals surface area contributed by atoms with Crippen LogP contribution in [0.25, 0.3) is 0 Å². The Hall–Kier alpha value is -2.48. The molecular weight excluding hydrogens is 398 g/mol. The van der Waals surface area contributed by atoms with E-state index < -0.39 is 6.04 Å². The molecule has 0 bridgehead atoms. The van der Waals surface area contributed by atoms with Crippen LogP contribution in [-0.4, -0.2) is 52.5 Å². The van der Waals surface area contributed by atoms with Crippen molar-refractivity contribution in [3.05, 3.63) is 40.9 Å². The summed E-state index contributed by atoms with van der Waals surface area (Å²) >= 11 is 1.15. The number of carbonyl (C=O) groups is 2. The number of nitrogens with zero attached hydrogens (tertiary/aromatic N) is 4. The standard InChI is InChI=1S/C22H29N5O2S/c1-26(2)17-10-8-15(9-11-17)20(21(28)23-16-6-4-3-5-7-16)27(18-12-13-18)22(29)19-14-30-25-24-19/h8-11,14,16,18,20H,3-7,12-13H2,1-2H3,(H,23,28)/t20-/m0/s1. The fourth-order valence-corrected chi connectivity index (χ4v) is 4.59. The molecule has 0 radical (unpaired) electrons. The molecule has 2 amide bonds. The smallest absolute Gasteiger partial charge is 0.276 e. The zero-order valence-electron chi connectivity index (χ0n) is 17.6. The lowest BCUT2D eigenvalue weighted by atomic mass is 9.94. The second-order valence-electron chi connectivity index (χ2n) is 8.47. The molecule has 7 nitrogen and oxygen atoms in total. The summed E-state index contributed by atoms with van der Waals surface area (Å²) in [6.07, 6.45) is 7.34. The average Bonchev–Trinajstić information content (AvgIpc) is 3.44. The molecule has 1 heterocycles. The molecule has 1 N–H and O–H groups in total. The number of aromatic nitrogens is 2. The molecule has 0 aliphatic heterocycles. The summed E-state index contributed by atoms with van der Waals surface area (Å²) < 4.78 is 3.85. The SMILES string of the molecule is CN(C)c1ccc([C@@H](C(=O)NC2CCCCC2)N(C(=O)c2csnn2)C2CC2)cc1. The highest BCUT2D eigenvalue weighted by Gasteiger charge is 2.42. The second-order valence-corrected chi connectivity index (χ2v) is 9.08. The van der Waals surface area contributed by atoms with E-state index in [-0.39, 0.29) is 23.9 Å². The zero-order valence-corrected chi connectivity index (χ0v) is 18.4. The molecule has 1 aromatic heterocycles. The van der Waals surface area contributed by atoms with Crippen LogP contribution in [0.4, 0.5) is 5.69 Å². The number of hydrogen-bond donors (Lipinski definition) is 1. The number of carbonyl (C=O) groups excluding carboxylic acids is 2. The summed E-state index contributed by atoms with van der Waals surface area (Å²) in [7, 11) is 3.97. The van der Waals surface area contributed by atoms with Gasteiger partial charge in [-0.05, 0) is 54.9 Å². The third kappa shape index (κ3) is 4.64. The van der Waals surface area contributed by atoms with Gasteiger partial charge in [-0.15, -0.1) is 5.10 Å². The molecule has 0 saturated heterocycles. The van der Waals surface area contributed by atoms with Gasteiger partial charge < -0.3 is 15.1 Å².